The van der Waals surface area contributed by atoms with Crippen LogP contribution in [0.15, 0.2) is 64.6 Å². The molecule has 0 spiro atoms. The van der Waals surface area contributed by atoms with Crippen molar-refractivity contribution in [3.63, 3.8) is 0 Å². The van der Waals surface area contributed by atoms with Gasteiger partial charge in [0.2, 0.25) is 22.1 Å². The molecule has 2 N–H and O–H groups in total. The van der Waals surface area contributed by atoms with Crippen molar-refractivity contribution in [2.45, 2.75) is 35.1 Å². The molecule has 4 rings (SSSR count). The van der Waals surface area contributed by atoms with Gasteiger partial charge in [-0.2, -0.15) is 9.36 Å². The normalized spacial score (nSPS) is 14.1. The van der Waals surface area contributed by atoms with Crippen molar-refractivity contribution in [3.05, 3.63) is 60.2 Å². The summed E-state index contributed by atoms with van der Waals surface area (Å²) in [4.78, 5) is 30.5. The minimum atomic E-state index is -0.471. The Kier molecular flexibility index (Phi) is 7.26. The summed E-state index contributed by atoms with van der Waals surface area (Å²) in [5, 5.41) is 6.58. The van der Waals surface area contributed by atoms with Gasteiger partial charge in [-0.1, -0.05) is 55.1 Å². The Morgan fingerprint density at radius 2 is 1.94 bits per heavy atom. The summed E-state index contributed by atoms with van der Waals surface area (Å²) in [7, 11) is 0. The maximum absolute atomic E-state index is 13.2. The number of thioether (sulfide) groups is 2. The highest BCUT2D eigenvalue weighted by molar-refractivity contribution is 8.00. The first kappa shape index (κ1) is 21.9. The fraction of sp³-hybridized carbons (Fsp3) is 0.273. The van der Waals surface area contributed by atoms with Gasteiger partial charge >= 0.3 is 0 Å². The molecule has 3 aromatic rings. The van der Waals surface area contributed by atoms with E-state index in [0.29, 0.717) is 10.3 Å². The SMILES string of the molecule is CCSc1nsc(NC(=O)C(Sc2cccc(NC(=O)C3CC3)c2)c2ccccc2)n1. The number of hydrogen-bond donors (Lipinski definition) is 2. The van der Waals surface area contributed by atoms with Crippen molar-refractivity contribution < 1.29 is 9.59 Å². The van der Waals surface area contributed by atoms with E-state index in [9.17, 15) is 9.59 Å². The summed E-state index contributed by atoms with van der Waals surface area (Å²) in [6, 6.07) is 17.3. The van der Waals surface area contributed by atoms with Crippen LogP contribution in [0, 0.1) is 5.92 Å². The highest BCUT2D eigenvalue weighted by Gasteiger charge is 2.29. The lowest BCUT2D eigenvalue weighted by molar-refractivity contribution is -0.117. The van der Waals surface area contributed by atoms with Crippen molar-refractivity contribution in [3.8, 4) is 0 Å². The third-order valence-corrected chi connectivity index (χ3v) is 7.28. The van der Waals surface area contributed by atoms with Crippen LogP contribution in [0.3, 0.4) is 0 Å². The van der Waals surface area contributed by atoms with Crippen molar-refractivity contribution in [2.75, 3.05) is 16.4 Å². The molecule has 1 aromatic heterocycles. The van der Waals surface area contributed by atoms with Gasteiger partial charge in [0.15, 0.2) is 0 Å². The molecule has 1 atom stereocenters. The van der Waals surface area contributed by atoms with E-state index in [1.165, 1.54) is 23.3 Å². The van der Waals surface area contributed by atoms with Gasteiger partial charge in [-0.15, -0.1) is 11.8 Å². The van der Waals surface area contributed by atoms with Crippen LogP contribution >= 0.6 is 35.1 Å². The van der Waals surface area contributed by atoms with Crippen LogP contribution in [0.2, 0.25) is 0 Å². The molecule has 1 fully saturated rings. The molecule has 31 heavy (non-hydrogen) atoms. The summed E-state index contributed by atoms with van der Waals surface area (Å²) in [6.07, 6.45) is 1.92. The molecule has 6 nitrogen and oxygen atoms in total. The lowest BCUT2D eigenvalue weighted by Crippen LogP contribution is -2.19. The second-order valence-corrected chi connectivity index (χ2v) is 10.2. The quantitative estimate of drug-likeness (QED) is 0.404. The molecular formula is C22H22N4O2S3. The van der Waals surface area contributed by atoms with Gasteiger partial charge in [0.25, 0.3) is 0 Å². The van der Waals surface area contributed by atoms with Crippen LogP contribution in [0.1, 0.15) is 30.6 Å². The predicted octanol–water partition coefficient (Wildman–Crippen LogP) is 5.47. The van der Waals surface area contributed by atoms with E-state index >= 15 is 0 Å². The number of nitrogens with zero attached hydrogens (tertiary/aromatic N) is 2. The Bertz CT molecular complexity index is 1050. The zero-order valence-corrected chi connectivity index (χ0v) is 19.4. The predicted molar refractivity (Wildman–Crippen MR) is 128 cm³/mol. The maximum atomic E-state index is 13.2. The molecule has 2 amide bonds. The first-order chi connectivity index (χ1) is 15.1. The minimum absolute atomic E-state index is 0.0662. The lowest BCUT2D eigenvalue weighted by Gasteiger charge is -2.16. The van der Waals surface area contributed by atoms with Gasteiger partial charge in [-0.25, -0.2) is 0 Å². The van der Waals surface area contributed by atoms with E-state index in [1.807, 2.05) is 61.5 Å². The Hall–Kier alpha value is -2.36. The number of nitrogens with one attached hydrogen (secondary N) is 2. The Balaban J connectivity index is 1.51. The molecule has 1 aliphatic carbocycles. The number of amides is 2. The molecule has 1 heterocycles. The number of benzene rings is 2. The molecule has 0 radical (unpaired) electrons. The van der Waals surface area contributed by atoms with E-state index in [4.69, 9.17) is 0 Å². The summed E-state index contributed by atoms with van der Waals surface area (Å²) >= 11 is 4.16. The second kappa shape index (κ2) is 10.3. The Labute approximate surface area is 193 Å². The van der Waals surface area contributed by atoms with Crippen molar-refractivity contribution in [1.29, 1.82) is 0 Å². The summed E-state index contributed by atoms with van der Waals surface area (Å²) < 4.78 is 4.27. The second-order valence-electron chi connectivity index (χ2n) is 7.00. The first-order valence-electron chi connectivity index (χ1n) is 10.0. The van der Waals surface area contributed by atoms with Gasteiger partial charge < -0.3 is 5.32 Å². The molecule has 1 unspecified atom stereocenters. The zero-order chi connectivity index (χ0) is 21.6. The van der Waals surface area contributed by atoms with E-state index < -0.39 is 5.25 Å². The Morgan fingerprint density at radius 3 is 2.68 bits per heavy atom. The number of carbonyl (C=O) groups is 2. The average Bonchev–Trinajstić information content (AvgIpc) is 3.54. The van der Waals surface area contributed by atoms with Crippen LogP contribution in [0.5, 0.6) is 0 Å². The van der Waals surface area contributed by atoms with Gasteiger partial charge in [-0.05, 0) is 42.4 Å². The largest absolute Gasteiger partial charge is 0.326 e. The third-order valence-electron chi connectivity index (χ3n) is 4.56. The third kappa shape index (κ3) is 6.09. The average molecular weight is 471 g/mol. The minimum Gasteiger partial charge on any atom is -0.326 e. The highest BCUT2D eigenvalue weighted by Crippen LogP contribution is 2.38. The first-order valence-corrected chi connectivity index (χ1v) is 12.7. The van der Waals surface area contributed by atoms with Crippen LogP contribution in [0.25, 0.3) is 0 Å². The molecule has 1 saturated carbocycles. The summed E-state index contributed by atoms with van der Waals surface area (Å²) in [5.74, 6) is 0.923. The van der Waals surface area contributed by atoms with Crippen LogP contribution in [0.4, 0.5) is 10.8 Å². The summed E-state index contributed by atoms with van der Waals surface area (Å²) in [5.41, 5.74) is 1.64. The summed E-state index contributed by atoms with van der Waals surface area (Å²) in [6.45, 7) is 2.03. The van der Waals surface area contributed by atoms with Crippen molar-refractivity contribution >= 4 is 57.7 Å². The molecule has 1 aliphatic rings. The van der Waals surface area contributed by atoms with Gasteiger partial charge in [0.1, 0.15) is 5.25 Å². The van der Waals surface area contributed by atoms with Gasteiger partial charge in [0.05, 0.1) is 0 Å². The van der Waals surface area contributed by atoms with E-state index in [2.05, 4.69) is 20.0 Å². The molecule has 0 bridgehead atoms. The van der Waals surface area contributed by atoms with Crippen LogP contribution in [-0.2, 0) is 9.59 Å². The van der Waals surface area contributed by atoms with Crippen LogP contribution < -0.4 is 10.6 Å². The number of hydrogen-bond acceptors (Lipinski definition) is 7. The molecular weight excluding hydrogens is 448 g/mol. The molecule has 9 heteroatoms. The fourth-order valence-electron chi connectivity index (χ4n) is 2.89. The maximum Gasteiger partial charge on any atom is 0.244 e. The van der Waals surface area contributed by atoms with Crippen molar-refractivity contribution in [2.24, 2.45) is 5.92 Å². The van der Waals surface area contributed by atoms with E-state index in [-0.39, 0.29) is 17.7 Å². The van der Waals surface area contributed by atoms with E-state index in [1.54, 1.807) is 11.8 Å². The van der Waals surface area contributed by atoms with E-state index in [0.717, 1.165) is 34.7 Å². The molecule has 2 aromatic carbocycles. The Morgan fingerprint density at radius 1 is 1.13 bits per heavy atom. The van der Waals surface area contributed by atoms with Crippen LogP contribution in [-0.4, -0.2) is 26.9 Å². The standard InChI is InChI=1S/C22H22N4O2S3/c1-2-29-22-25-21(31-26-22)24-20(28)18(14-7-4-3-5-8-14)30-17-10-6-9-16(13-17)23-19(27)15-11-12-15/h3-10,13,15,18H,2,11-12H2,1H3,(H,23,27)(H,24,25,26,28). The smallest absolute Gasteiger partial charge is 0.244 e. The number of aromatic nitrogens is 2. The number of carbonyl (C=O) groups excluding carboxylic acids is 2. The molecule has 160 valence electrons. The fourth-order valence-corrected chi connectivity index (χ4v) is 5.25. The molecule has 0 aliphatic heterocycles. The molecule has 0 saturated heterocycles. The van der Waals surface area contributed by atoms with Crippen molar-refractivity contribution in [1.82, 2.24) is 9.36 Å². The monoisotopic (exact) mass is 470 g/mol. The highest BCUT2D eigenvalue weighted by atomic mass is 32.2. The van der Waals surface area contributed by atoms with Gasteiger partial charge in [-0.3, -0.25) is 14.9 Å². The lowest BCUT2D eigenvalue weighted by atomic mass is 10.1. The topological polar surface area (TPSA) is 84.0 Å². The van der Waals surface area contributed by atoms with Gasteiger partial charge in [0, 0.05) is 28.0 Å². The number of anilines is 2. The number of rotatable bonds is 9. The zero-order valence-electron chi connectivity index (χ0n) is 16.9.